The lowest BCUT2D eigenvalue weighted by Crippen LogP contribution is -2.12. The fourth-order valence-corrected chi connectivity index (χ4v) is 4.32. The minimum absolute atomic E-state index is 0.0232. The average molecular weight is 381 g/mol. The Morgan fingerprint density at radius 2 is 1.56 bits per heavy atom. The highest BCUT2D eigenvalue weighted by atomic mass is 32.1. The Bertz CT molecular complexity index is 1140. The third-order valence-electron chi connectivity index (χ3n) is 4.72. The van der Waals surface area contributed by atoms with Gasteiger partial charge in [-0.2, -0.15) is 0 Å². The molecule has 0 bridgehead atoms. The summed E-state index contributed by atoms with van der Waals surface area (Å²) in [4.78, 5) is 29.2. The molecule has 0 N–H and O–H groups in total. The highest BCUT2D eigenvalue weighted by Gasteiger charge is 2.16. The van der Waals surface area contributed by atoms with E-state index < -0.39 is 0 Å². The van der Waals surface area contributed by atoms with Gasteiger partial charge < -0.3 is 9.80 Å². The zero-order valence-electron chi connectivity index (χ0n) is 16.6. The molecule has 3 aromatic rings. The van der Waals surface area contributed by atoms with E-state index in [-0.39, 0.29) is 5.43 Å². The fraction of sp³-hybridized carbons (Fsp3) is 0.273. The maximum absolute atomic E-state index is 13.4. The summed E-state index contributed by atoms with van der Waals surface area (Å²) in [6.07, 6.45) is 0.854. The first-order valence-electron chi connectivity index (χ1n) is 8.77. The smallest absolute Gasteiger partial charge is 0.196 e. The Balaban J connectivity index is 2.51. The number of benzene rings is 2. The van der Waals surface area contributed by atoms with Crippen molar-refractivity contribution >= 4 is 54.7 Å². The molecular weight excluding hydrogens is 356 g/mol. The molecule has 0 aliphatic heterocycles. The van der Waals surface area contributed by atoms with Crippen LogP contribution < -0.4 is 15.2 Å². The second-order valence-electron chi connectivity index (χ2n) is 7.30. The first-order chi connectivity index (χ1) is 12.7. The maximum atomic E-state index is 13.4. The summed E-state index contributed by atoms with van der Waals surface area (Å²) >= 11 is 1.59. The van der Waals surface area contributed by atoms with Crippen LogP contribution in [-0.2, 0) is 4.79 Å². The van der Waals surface area contributed by atoms with E-state index in [0.717, 1.165) is 32.6 Å². The zero-order chi connectivity index (χ0) is 19.9. The number of aldehydes is 1. The van der Waals surface area contributed by atoms with E-state index in [0.29, 0.717) is 21.9 Å². The molecule has 1 heterocycles. The van der Waals surface area contributed by atoms with Crippen molar-refractivity contribution < 1.29 is 4.79 Å². The molecule has 0 aliphatic rings. The van der Waals surface area contributed by atoms with Crippen LogP contribution in [0.3, 0.4) is 0 Å². The van der Waals surface area contributed by atoms with Gasteiger partial charge in [-0.05, 0) is 49.7 Å². The quantitative estimate of drug-likeness (QED) is 0.379. The number of carbonyl (C=O) groups is 1. The van der Waals surface area contributed by atoms with Crippen molar-refractivity contribution in [3.63, 3.8) is 0 Å². The molecule has 0 unspecified atom stereocenters. The molecule has 1 aromatic heterocycles. The maximum Gasteiger partial charge on any atom is 0.196 e. The van der Waals surface area contributed by atoms with Gasteiger partial charge in [-0.1, -0.05) is 5.57 Å². The molecule has 0 atom stereocenters. The molecule has 27 heavy (non-hydrogen) atoms. The number of hydrogen-bond acceptors (Lipinski definition) is 5. The van der Waals surface area contributed by atoms with Crippen molar-refractivity contribution in [3.05, 3.63) is 51.7 Å². The van der Waals surface area contributed by atoms with Gasteiger partial charge in [-0.25, -0.2) is 0 Å². The van der Waals surface area contributed by atoms with Crippen LogP contribution in [0.25, 0.3) is 25.7 Å². The third kappa shape index (κ3) is 3.35. The van der Waals surface area contributed by atoms with Crippen LogP contribution in [0.1, 0.15) is 19.4 Å². The van der Waals surface area contributed by atoms with E-state index in [1.54, 1.807) is 11.3 Å². The summed E-state index contributed by atoms with van der Waals surface area (Å²) < 4.78 is 1.84. The largest absolute Gasteiger partial charge is 0.378 e. The molecule has 0 radical (unpaired) electrons. The molecule has 0 aliphatic carbocycles. The molecule has 0 amide bonds. The number of nitrogens with zero attached hydrogens (tertiary/aromatic N) is 2. The molecule has 0 saturated heterocycles. The van der Waals surface area contributed by atoms with E-state index in [2.05, 4.69) is 0 Å². The molecule has 0 saturated carbocycles. The molecule has 5 heteroatoms. The summed E-state index contributed by atoms with van der Waals surface area (Å²) in [7, 11) is 7.89. The number of hydrogen-bond donors (Lipinski definition) is 0. The summed E-state index contributed by atoms with van der Waals surface area (Å²) in [6, 6.07) is 9.85. The molecule has 3 rings (SSSR count). The van der Waals surface area contributed by atoms with Crippen molar-refractivity contribution in [3.8, 4) is 0 Å². The second kappa shape index (κ2) is 7.16. The highest BCUT2D eigenvalue weighted by Crippen LogP contribution is 2.35. The minimum Gasteiger partial charge on any atom is -0.378 e. The highest BCUT2D eigenvalue weighted by molar-refractivity contribution is 7.24. The third-order valence-corrected chi connectivity index (χ3v) is 5.82. The van der Waals surface area contributed by atoms with E-state index in [4.69, 9.17) is 0 Å². The summed E-state index contributed by atoms with van der Waals surface area (Å²) in [6.45, 7) is 3.80. The Morgan fingerprint density at radius 3 is 2.11 bits per heavy atom. The van der Waals surface area contributed by atoms with Gasteiger partial charge in [-0.3, -0.25) is 9.59 Å². The number of fused-ring (bicyclic) bond motifs is 2. The Labute approximate surface area is 163 Å². The van der Waals surface area contributed by atoms with E-state index >= 15 is 0 Å². The summed E-state index contributed by atoms with van der Waals surface area (Å²) in [5, 5.41) is 1.31. The van der Waals surface area contributed by atoms with E-state index in [1.165, 1.54) is 0 Å². The monoisotopic (exact) mass is 380 g/mol. The van der Waals surface area contributed by atoms with E-state index in [9.17, 15) is 9.59 Å². The molecule has 2 aromatic carbocycles. The van der Waals surface area contributed by atoms with Crippen LogP contribution in [0.15, 0.2) is 40.7 Å². The number of carbonyl (C=O) groups excluding carboxylic acids is 1. The number of rotatable bonds is 4. The van der Waals surface area contributed by atoms with Crippen LogP contribution in [0, 0.1) is 0 Å². The van der Waals surface area contributed by atoms with Gasteiger partial charge >= 0.3 is 0 Å². The summed E-state index contributed by atoms with van der Waals surface area (Å²) in [5.74, 6) is 0. The molecule has 140 valence electrons. The Hall–Kier alpha value is -2.66. The first-order valence-corrected chi connectivity index (χ1v) is 9.58. The minimum atomic E-state index is -0.0232. The van der Waals surface area contributed by atoms with Crippen molar-refractivity contribution in [2.45, 2.75) is 13.8 Å². The lowest BCUT2D eigenvalue weighted by Gasteiger charge is -2.17. The SMILES string of the molecule is CC(C)=C(C=O)c1cc(N(C)C)cc2sc3cc(N(C)C)ccc3c(=O)c12. The van der Waals surface area contributed by atoms with Gasteiger partial charge in [0.1, 0.15) is 0 Å². The van der Waals surface area contributed by atoms with Crippen LogP contribution in [0.2, 0.25) is 0 Å². The van der Waals surface area contributed by atoms with Crippen molar-refractivity contribution in [1.29, 1.82) is 0 Å². The number of anilines is 2. The topological polar surface area (TPSA) is 40.6 Å². The van der Waals surface area contributed by atoms with Gasteiger partial charge in [0.2, 0.25) is 0 Å². The lowest BCUT2D eigenvalue weighted by atomic mass is 9.97. The summed E-state index contributed by atoms with van der Waals surface area (Å²) in [5.41, 5.74) is 4.19. The van der Waals surface area contributed by atoms with Gasteiger partial charge in [0, 0.05) is 65.3 Å². The predicted molar refractivity (Wildman–Crippen MR) is 119 cm³/mol. The van der Waals surface area contributed by atoms with Gasteiger partial charge in [0.15, 0.2) is 11.7 Å². The van der Waals surface area contributed by atoms with Crippen LogP contribution in [0.4, 0.5) is 11.4 Å². The van der Waals surface area contributed by atoms with Gasteiger partial charge in [-0.15, -0.1) is 11.3 Å². The van der Waals surface area contributed by atoms with Crippen molar-refractivity contribution in [2.24, 2.45) is 0 Å². The predicted octanol–water partition coefficient (Wildman–Crippen LogP) is 4.54. The van der Waals surface area contributed by atoms with Crippen molar-refractivity contribution in [1.82, 2.24) is 0 Å². The normalized spacial score (nSPS) is 10.9. The molecular formula is C22H24N2O2S. The second-order valence-corrected chi connectivity index (χ2v) is 8.38. The van der Waals surface area contributed by atoms with Crippen molar-refractivity contribution in [2.75, 3.05) is 38.0 Å². The zero-order valence-corrected chi connectivity index (χ0v) is 17.4. The Kier molecular flexibility index (Phi) is 5.07. The average Bonchev–Trinajstić information content (AvgIpc) is 2.61. The van der Waals surface area contributed by atoms with E-state index in [1.807, 2.05) is 82.2 Å². The first kappa shape index (κ1) is 19.1. The van der Waals surface area contributed by atoms with Crippen LogP contribution in [-0.4, -0.2) is 34.5 Å². The fourth-order valence-electron chi connectivity index (χ4n) is 3.15. The van der Waals surface area contributed by atoms with Gasteiger partial charge in [0.25, 0.3) is 0 Å². The van der Waals surface area contributed by atoms with Gasteiger partial charge in [0.05, 0.1) is 0 Å². The molecule has 4 nitrogen and oxygen atoms in total. The number of allylic oxidation sites excluding steroid dienone is 2. The van der Waals surface area contributed by atoms with Crippen LogP contribution in [0.5, 0.6) is 0 Å². The van der Waals surface area contributed by atoms with Crippen LogP contribution >= 0.6 is 11.3 Å². The molecule has 0 spiro atoms. The lowest BCUT2D eigenvalue weighted by molar-refractivity contribution is -0.103. The Morgan fingerprint density at radius 1 is 0.926 bits per heavy atom. The standard InChI is InChI=1S/C22H24N2O2S/c1-13(2)18(12-25)17-9-15(24(5)6)11-20-21(17)22(26)16-8-7-14(23(3)4)10-19(16)27-20/h7-12H,1-6H3. The molecule has 0 fully saturated rings.